The van der Waals surface area contributed by atoms with Crippen LogP contribution in [0.4, 0.5) is 10.5 Å². The van der Waals surface area contributed by atoms with Crippen LogP contribution < -0.4 is 5.32 Å². The predicted octanol–water partition coefficient (Wildman–Crippen LogP) is 4.54. The van der Waals surface area contributed by atoms with Gasteiger partial charge in [0.2, 0.25) is 0 Å². The fraction of sp³-hybridized carbons (Fsp3) is 0.267. The number of benzene rings is 1. The molecular weight excluding hydrogens is 306 g/mol. The van der Waals surface area contributed by atoms with E-state index in [-0.39, 0.29) is 0 Å². The molecule has 0 spiro atoms. The molecule has 1 atom stereocenters. The molecule has 0 bridgehead atoms. The van der Waals surface area contributed by atoms with Crippen molar-refractivity contribution >= 4 is 27.7 Å². The van der Waals surface area contributed by atoms with E-state index in [1.165, 1.54) is 0 Å². The summed E-state index contributed by atoms with van der Waals surface area (Å²) in [7, 11) is 0. The van der Waals surface area contributed by atoms with Gasteiger partial charge in [0, 0.05) is 10.5 Å². The lowest BCUT2D eigenvalue weighted by molar-refractivity contribution is 0.194. The van der Waals surface area contributed by atoms with Gasteiger partial charge < -0.3 is 4.74 Å². The Balaban J connectivity index is 1.94. The molecule has 0 saturated carbocycles. The highest BCUT2D eigenvalue weighted by molar-refractivity contribution is 9.09. The first kappa shape index (κ1) is 13.9. The number of carbonyl (C=O) groups is 1. The van der Waals surface area contributed by atoms with Crippen molar-refractivity contribution in [1.29, 1.82) is 0 Å². The van der Waals surface area contributed by atoms with Crippen LogP contribution in [0, 0.1) is 6.92 Å². The maximum Gasteiger partial charge on any atom is 0.417 e. The number of alkyl halides is 1. The minimum atomic E-state index is -0.463. The van der Waals surface area contributed by atoms with E-state index < -0.39 is 6.09 Å². The lowest BCUT2D eigenvalue weighted by Crippen LogP contribution is -2.12. The fourth-order valence-corrected chi connectivity index (χ4v) is 2.21. The Morgan fingerprint density at radius 3 is 3.11 bits per heavy atom. The number of amides is 1. The molecule has 0 fully saturated rings. The van der Waals surface area contributed by atoms with Crippen molar-refractivity contribution in [1.82, 2.24) is 0 Å². The predicted molar refractivity (Wildman–Crippen MR) is 80.5 cm³/mol. The van der Waals surface area contributed by atoms with Crippen LogP contribution in [0.3, 0.4) is 0 Å². The molecule has 0 radical (unpaired) electrons. The molecule has 1 aromatic carbocycles. The van der Waals surface area contributed by atoms with Crippen LogP contribution in [-0.2, 0) is 4.74 Å². The lowest BCUT2D eigenvalue weighted by Gasteiger charge is -2.07. The van der Waals surface area contributed by atoms with E-state index in [1.807, 2.05) is 49.4 Å². The highest BCUT2D eigenvalue weighted by atomic mass is 79.9. The van der Waals surface area contributed by atoms with Crippen LogP contribution in [0.1, 0.15) is 18.4 Å². The molecule has 0 aliphatic heterocycles. The molecule has 4 heteroatoms. The normalized spacial score (nSPS) is 18.4. The first-order chi connectivity index (χ1) is 9.13. The minimum Gasteiger partial charge on any atom is -0.410 e. The van der Waals surface area contributed by atoms with Crippen molar-refractivity contribution in [2.24, 2.45) is 0 Å². The molecular formula is C15H16BrNO2. The third-order valence-electron chi connectivity index (χ3n) is 2.73. The van der Waals surface area contributed by atoms with Gasteiger partial charge in [-0.25, -0.2) is 4.79 Å². The molecule has 1 N–H and O–H groups in total. The third kappa shape index (κ3) is 4.56. The summed E-state index contributed by atoms with van der Waals surface area (Å²) in [5, 5.41) is 2.71. The Morgan fingerprint density at radius 2 is 2.32 bits per heavy atom. The molecule has 2 rings (SSSR count). The Morgan fingerprint density at radius 1 is 1.47 bits per heavy atom. The molecule has 3 nitrogen and oxygen atoms in total. The average Bonchev–Trinajstić information content (AvgIpc) is 2.54. The molecule has 100 valence electrons. The molecule has 0 heterocycles. The number of rotatable bonds is 2. The molecule has 0 aromatic heterocycles. The van der Waals surface area contributed by atoms with Gasteiger partial charge in [0.25, 0.3) is 0 Å². The summed E-state index contributed by atoms with van der Waals surface area (Å²) in [4.78, 5) is 12.1. The number of halogens is 1. The number of allylic oxidation sites excluding steroid dienone is 3. The second kappa shape index (κ2) is 6.57. The Bertz CT molecular complexity index is 523. The first-order valence-electron chi connectivity index (χ1n) is 6.21. The highest BCUT2D eigenvalue weighted by Gasteiger charge is 2.09. The third-order valence-corrected chi connectivity index (χ3v) is 3.50. The molecule has 1 amide bonds. The smallest absolute Gasteiger partial charge is 0.410 e. The van der Waals surface area contributed by atoms with E-state index in [0.717, 1.165) is 24.1 Å². The quantitative estimate of drug-likeness (QED) is 0.812. The van der Waals surface area contributed by atoms with Crippen molar-refractivity contribution in [3.8, 4) is 0 Å². The highest BCUT2D eigenvalue weighted by Crippen LogP contribution is 2.18. The van der Waals surface area contributed by atoms with Crippen LogP contribution in [-0.4, -0.2) is 10.9 Å². The summed E-state index contributed by atoms with van der Waals surface area (Å²) in [6, 6.07) is 7.60. The number of aryl methyl sites for hydroxylation is 1. The Labute approximate surface area is 121 Å². The van der Waals surface area contributed by atoms with Crippen molar-refractivity contribution in [2.75, 3.05) is 5.32 Å². The van der Waals surface area contributed by atoms with Crippen molar-refractivity contribution < 1.29 is 9.53 Å². The van der Waals surface area contributed by atoms with Crippen molar-refractivity contribution in [2.45, 2.75) is 24.6 Å². The number of hydrogen-bond acceptors (Lipinski definition) is 2. The topological polar surface area (TPSA) is 38.3 Å². The zero-order chi connectivity index (χ0) is 13.7. The van der Waals surface area contributed by atoms with E-state index in [9.17, 15) is 4.79 Å². The zero-order valence-electron chi connectivity index (χ0n) is 10.7. The summed E-state index contributed by atoms with van der Waals surface area (Å²) in [5.74, 6) is 0.590. The van der Waals surface area contributed by atoms with Gasteiger partial charge in [0.05, 0.1) is 0 Å². The minimum absolute atomic E-state index is 0.338. The van der Waals surface area contributed by atoms with Gasteiger partial charge in [-0.1, -0.05) is 34.1 Å². The fourth-order valence-electron chi connectivity index (χ4n) is 1.80. The average molecular weight is 322 g/mol. The molecule has 1 unspecified atom stereocenters. The van der Waals surface area contributed by atoms with E-state index in [4.69, 9.17) is 4.74 Å². The maximum absolute atomic E-state index is 11.8. The van der Waals surface area contributed by atoms with Crippen LogP contribution in [0.25, 0.3) is 0 Å². The number of hydrogen-bond donors (Lipinski definition) is 1. The monoisotopic (exact) mass is 321 g/mol. The molecule has 1 aliphatic carbocycles. The number of anilines is 1. The number of ether oxygens (including phenoxy) is 1. The Hall–Kier alpha value is -1.55. The standard InChI is InChI=1S/C15H16BrNO2/c1-11-4-2-6-13(10-11)17-15(18)19-14-7-3-5-12(16)8-9-14/h2,4,6-10,12H,3,5H2,1H3,(H,17,18). The molecule has 19 heavy (non-hydrogen) atoms. The van der Waals surface area contributed by atoms with Crippen LogP contribution in [0.5, 0.6) is 0 Å². The first-order valence-corrected chi connectivity index (χ1v) is 7.13. The largest absolute Gasteiger partial charge is 0.417 e. The van der Waals surface area contributed by atoms with Crippen molar-refractivity contribution in [3.05, 3.63) is 53.8 Å². The second-order valence-corrected chi connectivity index (χ2v) is 5.62. The van der Waals surface area contributed by atoms with Crippen LogP contribution in [0.15, 0.2) is 48.3 Å². The van der Waals surface area contributed by atoms with Gasteiger partial charge in [-0.2, -0.15) is 0 Å². The number of nitrogens with one attached hydrogen (secondary N) is 1. The number of carbonyl (C=O) groups excluding carboxylic acids is 1. The molecule has 1 aliphatic rings. The van der Waals surface area contributed by atoms with Gasteiger partial charge in [-0.3, -0.25) is 5.32 Å². The molecule has 1 aromatic rings. The lowest BCUT2D eigenvalue weighted by atomic mass is 10.2. The van der Waals surface area contributed by atoms with E-state index in [1.54, 1.807) is 0 Å². The van der Waals surface area contributed by atoms with Crippen LogP contribution in [0.2, 0.25) is 0 Å². The Kier molecular flexibility index (Phi) is 4.80. The van der Waals surface area contributed by atoms with E-state index >= 15 is 0 Å². The van der Waals surface area contributed by atoms with Gasteiger partial charge in [-0.15, -0.1) is 0 Å². The maximum atomic E-state index is 11.8. The summed E-state index contributed by atoms with van der Waals surface area (Å²) in [5.41, 5.74) is 1.83. The van der Waals surface area contributed by atoms with Gasteiger partial charge in [0.15, 0.2) is 0 Å². The molecule has 0 saturated heterocycles. The van der Waals surface area contributed by atoms with E-state index in [0.29, 0.717) is 10.6 Å². The summed E-state index contributed by atoms with van der Waals surface area (Å²) >= 11 is 3.52. The van der Waals surface area contributed by atoms with Crippen molar-refractivity contribution in [3.63, 3.8) is 0 Å². The van der Waals surface area contributed by atoms with Gasteiger partial charge in [-0.05, 0) is 49.6 Å². The zero-order valence-corrected chi connectivity index (χ0v) is 12.3. The summed E-state index contributed by atoms with van der Waals surface area (Å²) in [6.07, 6.45) is 7.16. The summed E-state index contributed by atoms with van der Waals surface area (Å²) in [6.45, 7) is 1.98. The van der Waals surface area contributed by atoms with E-state index in [2.05, 4.69) is 21.2 Å². The van der Waals surface area contributed by atoms with Gasteiger partial charge in [0.1, 0.15) is 5.76 Å². The SMILES string of the molecule is Cc1cccc(NC(=O)OC2=CCCC(Br)C=C2)c1. The van der Waals surface area contributed by atoms with Crippen LogP contribution >= 0.6 is 15.9 Å². The van der Waals surface area contributed by atoms with Gasteiger partial charge >= 0.3 is 6.09 Å². The second-order valence-electron chi connectivity index (χ2n) is 4.44. The summed E-state index contributed by atoms with van der Waals surface area (Å²) < 4.78 is 5.27.